The number of piperazine rings is 1. The number of amides is 4. The molecule has 1 heterocycles. The Hall–Kier alpha value is -5.72. The highest BCUT2D eigenvalue weighted by Crippen LogP contribution is 2.18. The largest absolute Gasteiger partial charge is 0.490 e. The molecular weight excluding hydrogens is 693 g/mol. The first-order chi connectivity index (χ1) is 22.9. The zero-order valence-corrected chi connectivity index (χ0v) is 27.1. The Bertz CT molecular complexity index is 1570. The number of nitrogen functional groups attached to an aromatic ring is 2. The third-order valence-corrected chi connectivity index (χ3v) is 6.98. The number of unbranched alkanes of at least 4 members (excludes halogenated alkanes) is 1. The Morgan fingerprint density at radius 3 is 1.66 bits per heavy atom. The van der Waals surface area contributed by atoms with Crippen molar-refractivity contribution < 1.29 is 52.2 Å². The predicted molar refractivity (Wildman–Crippen MR) is 174 cm³/mol. The summed E-state index contributed by atoms with van der Waals surface area (Å²) in [4.78, 5) is 73.8. The van der Waals surface area contributed by atoms with E-state index in [1.165, 1.54) is 34.1 Å². The van der Waals surface area contributed by atoms with E-state index in [9.17, 15) is 42.3 Å². The van der Waals surface area contributed by atoms with Crippen LogP contribution in [0.1, 0.15) is 51.1 Å². The van der Waals surface area contributed by atoms with Crippen LogP contribution in [-0.4, -0.2) is 112 Å². The lowest BCUT2D eigenvalue weighted by Gasteiger charge is -2.40. The number of carbonyl (C=O) groups is 6. The van der Waals surface area contributed by atoms with Gasteiger partial charge in [0.05, 0.1) is 6.54 Å². The smallest absolute Gasteiger partial charge is 0.480 e. The molecule has 0 aliphatic carbocycles. The molecule has 0 saturated carbocycles. The van der Waals surface area contributed by atoms with Gasteiger partial charge < -0.3 is 42.1 Å². The van der Waals surface area contributed by atoms with Crippen LogP contribution >= 0.6 is 12.4 Å². The van der Waals surface area contributed by atoms with Gasteiger partial charge in [0.2, 0.25) is 11.8 Å². The predicted octanol–water partition coefficient (Wildman–Crippen LogP) is 0.764. The molecule has 0 spiro atoms. The van der Waals surface area contributed by atoms with E-state index in [4.69, 9.17) is 32.2 Å². The van der Waals surface area contributed by atoms with Gasteiger partial charge in [0.15, 0.2) is 0 Å². The van der Waals surface area contributed by atoms with Gasteiger partial charge in [-0.1, -0.05) is 24.3 Å². The van der Waals surface area contributed by atoms with Gasteiger partial charge in [-0.2, -0.15) is 13.2 Å². The normalized spacial score (nSPS) is 13.9. The molecule has 2 aromatic rings. The Kier molecular flexibility index (Phi) is 16.3. The number of alkyl halides is 3. The van der Waals surface area contributed by atoms with Crippen molar-refractivity contribution in [2.45, 2.75) is 31.5 Å². The van der Waals surface area contributed by atoms with Crippen LogP contribution in [0, 0.1) is 10.8 Å². The lowest BCUT2D eigenvalue weighted by Crippen LogP contribution is -2.60. The van der Waals surface area contributed by atoms with Crippen LogP contribution in [0.4, 0.5) is 13.2 Å². The molecule has 3 rings (SSSR count). The number of nitrogens with zero attached hydrogens (tertiary/aromatic N) is 2. The third-order valence-electron chi connectivity index (χ3n) is 6.98. The fraction of sp³-hybridized carbons (Fsp3) is 0.333. The van der Waals surface area contributed by atoms with Gasteiger partial charge in [-0.25, -0.2) is 4.79 Å². The summed E-state index contributed by atoms with van der Waals surface area (Å²) in [5, 5.41) is 36.5. The van der Waals surface area contributed by atoms with Gasteiger partial charge >= 0.3 is 18.1 Å². The molecule has 1 atom stereocenters. The number of halogens is 4. The minimum atomic E-state index is -5.08. The average molecular weight is 729 g/mol. The Morgan fingerprint density at radius 1 is 0.800 bits per heavy atom. The highest BCUT2D eigenvalue weighted by Gasteiger charge is 2.38. The number of aliphatic carboxylic acids is 2. The number of hydrogen-bond donors (Lipinski definition) is 8. The number of carboxylic acid groups (broad SMARTS) is 2. The first-order valence-electron chi connectivity index (χ1n) is 14.5. The topological polar surface area (TPSA) is 273 Å². The van der Waals surface area contributed by atoms with E-state index in [1.807, 2.05) is 0 Å². The highest BCUT2D eigenvalue weighted by atomic mass is 35.5. The number of amidine groups is 2. The van der Waals surface area contributed by atoms with Crippen LogP contribution in [0.2, 0.25) is 0 Å². The summed E-state index contributed by atoms with van der Waals surface area (Å²) >= 11 is 0. The van der Waals surface area contributed by atoms with Gasteiger partial charge in [0, 0.05) is 41.9 Å². The maximum atomic E-state index is 13.1. The van der Waals surface area contributed by atoms with Gasteiger partial charge in [-0.05, 0) is 43.5 Å². The molecule has 16 nitrogen and oxygen atoms in total. The molecule has 4 amide bonds. The van der Waals surface area contributed by atoms with Crippen LogP contribution < -0.4 is 22.1 Å². The summed E-state index contributed by atoms with van der Waals surface area (Å²) in [6.07, 6.45) is -3.89. The van der Waals surface area contributed by atoms with Crippen molar-refractivity contribution in [2.75, 3.05) is 32.7 Å². The number of hydrogen-bond acceptors (Lipinski definition) is 8. The van der Waals surface area contributed by atoms with Crippen molar-refractivity contribution in [2.24, 2.45) is 11.5 Å². The zero-order chi connectivity index (χ0) is 36.9. The lowest BCUT2D eigenvalue weighted by molar-refractivity contribution is -0.192. The van der Waals surface area contributed by atoms with Crippen LogP contribution in [0.3, 0.4) is 0 Å². The molecule has 10 N–H and O–H groups in total. The van der Waals surface area contributed by atoms with Crippen LogP contribution in [0.5, 0.6) is 0 Å². The number of rotatable bonds is 13. The van der Waals surface area contributed by atoms with E-state index in [0.717, 1.165) is 0 Å². The second-order valence-electron chi connectivity index (χ2n) is 10.5. The fourth-order valence-electron chi connectivity index (χ4n) is 4.47. The quantitative estimate of drug-likeness (QED) is 0.0815. The first kappa shape index (κ1) is 42.3. The summed E-state index contributed by atoms with van der Waals surface area (Å²) < 4.78 is 31.7. The maximum absolute atomic E-state index is 13.1. The number of carbonyl (C=O) groups excluding carboxylic acids is 4. The standard InChI is InChI=1S/C28H34N8O6.C2HF3O2.ClH/c29-24(30)17-4-8-19(9-5-17)26(40)33-12-2-1-3-21-28(42)35(16-23(38)39)13-14-36(21)22(37)15-34-27(41)20-10-6-18(7-11-20)25(31)32;3-2(4,5)1(6)7;/h4-11,21H,1-3,12-16H2,(H3,29,30)(H3,31,32)(H,33,40)(H,34,41)(H,38,39);(H,6,7);1H/t21-;;/m0../s1. The molecule has 1 aliphatic rings. The Labute approximate surface area is 289 Å². The molecule has 0 aromatic heterocycles. The summed E-state index contributed by atoms with van der Waals surface area (Å²) in [6, 6.07) is 11.4. The highest BCUT2D eigenvalue weighted by molar-refractivity contribution is 6.00. The minimum Gasteiger partial charge on any atom is -0.480 e. The fourth-order valence-corrected chi connectivity index (χ4v) is 4.47. The molecule has 1 saturated heterocycles. The van der Waals surface area contributed by atoms with Crippen molar-refractivity contribution >= 4 is 59.6 Å². The van der Waals surface area contributed by atoms with E-state index in [0.29, 0.717) is 36.1 Å². The van der Waals surface area contributed by atoms with Crippen molar-refractivity contribution in [1.29, 1.82) is 10.8 Å². The summed E-state index contributed by atoms with van der Waals surface area (Å²) in [7, 11) is 0. The Morgan fingerprint density at radius 2 is 1.24 bits per heavy atom. The van der Waals surface area contributed by atoms with Crippen molar-refractivity contribution in [3.63, 3.8) is 0 Å². The molecule has 50 heavy (non-hydrogen) atoms. The minimum absolute atomic E-state index is 0. The number of benzene rings is 2. The van der Waals surface area contributed by atoms with E-state index >= 15 is 0 Å². The van der Waals surface area contributed by atoms with Crippen molar-refractivity contribution in [3.8, 4) is 0 Å². The van der Waals surface area contributed by atoms with Crippen molar-refractivity contribution in [3.05, 3.63) is 70.8 Å². The number of nitrogens with two attached hydrogens (primary N) is 2. The molecule has 2 aromatic carbocycles. The summed E-state index contributed by atoms with van der Waals surface area (Å²) in [6.45, 7) is -0.387. The van der Waals surface area contributed by atoms with Gasteiger partial charge in [-0.15, -0.1) is 12.4 Å². The monoisotopic (exact) mass is 728 g/mol. The molecule has 1 fully saturated rings. The van der Waals surface area contributed by atoms with Gasteiger partial charge in [0.1, 0.15) is 24.3 Å². The molecule has 20 heteroatoms. The summed E-state index contributed by atoms with van der Waals surface area (Å²) in [5.74, 6) is -5.96. The van der Waals surface area contributed by atoms with E-state index in [-0.39, 0.29) is 61.6 Å². The van der Waals surface area contributed by atoms with Gasteiger partial charge in [-0.3, -0.25) is 34.8 Å². The average Bonchev–Trinajstić information content (AvgIpc) is 3.04. The number of carboxylic acids is 2. The molecule has 1 aliphatic heterocycles. The SMILES string of the molecule is Cl.N=C(N)c1ccc(C(=O)NCCCC[C@H]2C(=O)N(CC(=O)O)CCN2C(=O)CNC(=O)c2ccc(C(=N)N)cc2)cc1.O=C(O)C(F)(F)F. The lowest BCUT2D eigenvalue weighted by atomic mass is 10.0. The Balaban J connectivity index is 0.00000141. The van der Waals surface area contributed by atoms with E-state index < -0.39 is 48.4 Å². The van der Waals surface area contributed by atoms with E-state index in [2.05, 4.69) is 10.6 Å². The van der Waals surface area contributed by atoms with Crippen LogP contribution in [0.25, 0.3) is 0 Å². The molecule has 272 valence electrons. The van der Waals surface area contributed by atoms with Gasteiger partial charge in [0.25, 0.3) is 11.8 Å². The molecule has 0 unspecified atom stereocenters. The second kappa shape index (κ2) is 19.3. The molecular formula is C30H36ClF3N8O8. The van der Waals surface area contributed by atoms with Crippen LogP contribution in [0.15, 0.2) is 48.5 Å². The van der Waals surface area contributed by atoms with E-state index in [1.54, 1.807) is 24.3 Å². The molecule has 0 bridgehead atoms. The summed E-state index contributed by atoms with van der Waals surface area (Å²) in [5.41, 5.74) is 12.5. The first-order valence-corrected chi connectivity index (χ1v) is 14.5. The third kappa shape index (κ3) is 13.1. The second-order valence-corrected chi connectivity index (χ2v) is 10.5. The molecule has 0 radical (unpaired) electrons. The van der Waals surface area contributed by atoms with Crippen LogP contribution in [-0.2, 0) is 19.2 Å². The van der Waals surface area contributed by atoms with Crippen molar-refractivity contribution in [1.82, 2.24) is 20.4 Å². The number of nitrogens with one attached hydrogen (secondary N) is 4. The maximum Gasteiger partial charge on any atom is 0.490 e. The zero-order valence-electron chi connectivity index (χ0n) is 26.3.